The second-order valence-corrected chi connectivity index (χ2v) is 8.29. The van der Waals surface area contributed by atoms with E-state index in [1.54, 1.807) is 0 Å². The first kappa shape index (κ1) is 21.2. The number of benzene rings is 1. The summed E-state index contributed by atoms with van der Waals surface area (Å²) >= 11 is 0. The molecule has 0 aliphatic carbocycles. The number of carbonyl (C=O) groups excluding carboxylic acids is 1. The van der Waals surface area contributed by atoms with Crippen molar-refractivity contribution in [3.63, 3.8) is 0 Å². The Labute approximate surface area is 174 Å². The lowest BCUT2D eigenvalue weighted by molar-refractivity contribution is 0.0678. The molecule has 1 aliphatic heterocycles. The fraction of sp³-hybridized carbons (Fsp3) is 0.500. The van der Waals surface area contributed by atoms with Crippen molar-refractivity contribution < 1.29 is 9.53 Å². The van der Waals surface area contributed by atoms with Crippen LogP contribution in [0.1, 0.15) is 64.1 Å². The second-order valence-electron chi connectivity index (χ2n) is 8.29. The number of ether oxygens (including phenoxy) is 1. The SMILES string of the molecule is CC(C)N(c1ccc([C@H]2CCCCN2C(=O)OCc2ccccc2)cn1)C(C)C. The van der Waals surface area contributed by atoms with E-state index in [-0.39, 0.29) is 12.1 Å². The number of anilines is 1. The maximum Gasteiger partial charge on any atom is 0.410 e. The van der Waals surface area contributed by atoms with Crippen LogP contribution in [-0.4, -0.2) is 34.6 Å². The molecular formula is C24H33N3O2. The number of piperidine rings is 1. The summed E-state index contributed by atoms with van der Waals surface area (Å²) in [6.07, 6.45) is 4.75. The van der Waals surface area contributed by atoms with Crippen LogP contribution in [0.3, 0.4) is 0 Å². The van der Waals surface area contributed by atoms with E-state index in [0.29, 0.717) is 18.7 Å². The lowest BCUT2D eigenvalue weighted by Gasteiger charge is -2.36. The lowest BCUT2D eigenvalue weighted by Crippen LogP contribution is -2.39. The van der Waals surface area contributed by atoms with Gasteiger partial charge in [-0.2, -0.15) is 0 Å². The Hall–Kier alpha value is -2.56. The third-order valence-corrected chi connectivity index (χ3v) is 5.48. The van der Waals surface area contributed by atoms with E-state index >= 15 is 0 Å². The quantitative estimate of drug-likeness (QED) is 0.641. The molecule has 29 heavy (non-hydrogen) atoms. The molecule has 1 amide bonds. The fourth-order valence-electron chi connectivity index (χ4n) is 4.17. The Morgan fingerprint density at radius 1 is 1.10 bits per heavy atom. The lowest BCUT2D eigenvalue weighted by atomic mass is 9.97. The highest BCUT2D eigenvalue weighted by Gasteiger charge is 2.29. The highest BCUT2D eigenvalue weighted by Crippen LogP contribution is 2.32. The van der Waals surface area contributed by atoms with E-state index in [2.05, 4.69) is 44.7 Å². The molecule has 2 aromatic rings. The molecule has 1 aromatic carbocycles. The summed E-state index contributed by atoms with van der Waals surface area (Å²) in [5, 5.41) is 0. The molecule has 5 heteroatoms. The normalized spacial score (nSPS) is 16.9. The van der Waals surface area contributed by atoms with Crippen molar-refractivity contribution in [1.82, 2.24) is 9.88 Å². The van der Waals surface area contributed by atoms with Gasteiger partial charge in [-0.05, 0) is 64.2 Å². The van der Waals surface area contributed by atoms with Gasteiger partial charge in [-0.3, -0.25) is 0 Å². The first-order chi connectivity index (χ1) is 14.0. The minimum absolute atomic E-state index is 0.0279. The zero-order valence-electron chi connectivity index (χ0n) is 18.0. The molecule has 3 rings (SSSR count). The number of likely N-dealkylation sites (tertiary alicyclic amines) is 1. The van der Waals surface area contributed by atoms with Gasteiger partial charge in [-0.1, -0.05) is 36.4 Å². The standard InChI is InChI=1S/C24H33N3O2/c1-18(2)27(19(3)4)23-14-13-21(16-25-23)22-12-8-9-15-26(22)24(28)29-17-20-10-6-5-7-11-20/h5-7,10-11,13-14,16,18-19,22H,8-9,12,15,17H2,1-4H3/t22-/m1/s1. The van der Waals surface area contributed by atoms with Crippen LogP contribution in [0.2, 0.25) is 0 Å². The maximum atomic E-state index is 12.8. The molecule has 0 N–H and O–H groups in total. The summed E-state index contributed by atoms with van der Waals surface area (Å²) in [5.74, 6) is 0.979. The van der Waals surface area contributed by atoms with Crippen LogP contribution in [0.15, 0.2) is 48.7 Å². The highest BCUT2D eigenvalue weighted by atomic mass is 16.6. The molecule has 2 heterocycles. The zero-order chi connectivity index (χ0) is 20.8. The number of rotatable bonds is 6. The zero-order valence-corrected chi connectivity index (χ0v) is 18.0. The van der Waals surface area contributed by atoms with Gasteiger partial charge in [-0.15, -0.1) is 0 Å². The Bertz CT molecular complexity index is 766. The van der Waals surface area contributed by atoms with Gasteiger partial charge in [0.05, 0.1) is 6.04 Å². The van der Waals surface area contributed by atoms with Crippen molar-refractivity contribution in [3.8, 4) is 0 Å². The number of hydrogen-bond acceptors (Lipinski definition) is 4. The largest absolute Gasteiger partial charge is 0.445 e. The minimum Gasteiger partial charge on any atom is -0.445 e. The minimum atomic E-state index is -0.242. The van der Waals surface area contributed by atoms with Crippen LogP contribution in [0, 0.1) is 0 Å². The van der Waals surface area contributed by atoms with Gasteiger partial charge in [0, 0.05) is 24.8 Å². The topological polar surface area (TPSA) is 45.7 Å². The van der Waals surface area contributed by atoms with Gasteiger partial charge < -0.3 is 14.5 Å². The van der Waals surface area contributed by atoms with E-state index in [4.69, 9.17) is 9.72 Å². The van der Waals surface area contributed by atoms with Crippen LogP contribution in [0.25, 0.3) is 0 Å². The number of carbonyl (C=O) groups is 1. The smallest absolute Gasteiger partial charge is 0.410 e. The third-order valence-electron chi connectivity index (χ3n) is 5.48. The molecule has 1 aromatic heterocycles. The maximum absolute atomic E-state index is 12.8. The summed E-state index contributed by atoms with van der Waals surface area (Å²) < 4.78 is 5.60. The van der Waals surface area contributed by atoms with E-state index in [0.717, 1.165) is 42.8 Å². The summed E-state index contributed by atoms with van der Waals surface area (Å²) in [6.45, 7) is 9.76. The van der Waals surface area contributed by atoms with E-state index in [9.17, 15) is 4.79 Å². The molecule has 1 saturated heterocycles. The van der Waals surface area contributed by atoms with Crippen molar-refractivity contribution in [2.75, 3.05) is 11.4 Å². The number of aromatic nitrogens is 1. The summed E-state index contributed by atoms with van der Waals surface area (Å²) in [7, 11) is 0. The second kappa shape index (κ2) is 9.77. The first-order valence-corrected chi connectivity index (χ1v) is 10.7. The monoisotopic (exact) mass is 395 g/mol. The van der Waals surface area contributed by atoms with E-state index in [1.165, 1.54) is 0 Å². The van der Waals surface area contributed by atoms with Crippen LogP contribution < -0.4 is 4.90 Å². The van der Waals surface area contributed by atoms with Crippen molar-refractivity contribution in [2.45, 2.75) is 71.7 Å². The third kappa shape index (κ3) is 5.28. The van der Waals surface area contributed by atoms with Crippen LogP contribution >= 0.6 is 0 Å². The van der Waals surface area contributed by atoms with Gasteiger partial charge in [0.2, 0.25) is 0 Å². The predicted octanol–water partition coefficient (Wildman–Crippen LogP) is 5.57. The summed E-state index contributed by atoms with van der Waals surface area (Å²) in [5.41, 5.74) is 2.08. The molecule has 0 spiro atoms. The number of hydrogen-bond donors (Lipinski definition) is 0. The predicted molar refractivity (Wildman–Crippen MR) is 117 cm³/mol. The Morgan fingerprint density at radius 3 is 2.45 bits per heavy atom. The molecule has 0 bridgehead atoms. The van der Waals surface area contributed by atoms with Gasteiger partial charge in [0.15, 0.2) is 0 Å². The van der Waals surface area contributed by atoms with Crippen molar-refractivity contribution >= 4 is 11.9 Å². The van der Waals surface area contributed by atoms with Gasteiger partial charge in [0.1, 0.15) is 12.4 Å². The summed E-state index contributed by atoms with van der Waals surface area (Å²) in [4.78, 5) is 21.7. The molecular weight excluding hydrogens is 362 g/mol. The molecule has 0 saturated carbocycles. The summed E-state index contributed by atoms with van der Waals surface area (Å²) in [6, 6.07) is 14.8. The molecule has 1 aliphatic rings. The molecule has 156 valence electrons. The van der Waals surface area contributed by atoms with Gasteiger partial charge >= 0.3 is 6.09 Å². The Morgan fingerprint density at radius 2 is 1.83 bits per heavy atom. The molecule has 1 fully saturated rings. The van der Waals surface area contributed by atoms with Crippen molar-refractivity contribution in [1.29, 1.82) is 0 Å². The van der Waals surface area contributed by atoms with E-state index < -0.39 is 0 Å². The molecule has 5 nitrogen and oxygen atoms in total. The highest BCUT2D eigenvalue weighted by molar-refractivity contribution is 5.68. The average molecular weight is 396 g/mol. The Balaban J connectivity index is 1.71. The van der Waals surface area contributed by atoms with E-state index in [1.807, 2.05) is 41.4 Å². The Kier molecular flexibility index (Phi) is 7.13. The number of pyridine rings is 1. The van der Waals surface area contributed by atoms with Gasteiger partial charge in [0.25, 0.3) is 0 Å². The van der Waals surface area contributed by atoms with Crippen molar-refractivity contribution in [2.24, 2.45) is 0 Å². The number of amides is 1. The van der Waals surface area contributed by atoms with Crippen LogP contribution in [0.4, 0.5) is 10.6 Å². The molecule has 0 radical (unpaired) electrons. The fourth-order valence-corrected chi connectivity index (χ4v) is 4.17. The van der Waals surface area contributed by atoms with Crippen molar-refractivity contribution in [3.05, 3.63) is 59.8 Å². The van der Waals surface area contributed by atoms with Crippen LogP contribution in [-0.2, 0) is 11.3 Å². The van der Waals surface area contributed by atoms with Gasteiger partial charge in [-0.25, -0.2) is 9.78 Å². The average Bonchev–Trinajstić information content (AvgIpc) is 2.73. The molecule has 0 unspecified atom stereocenters. The number of nitrogens with zero attached hydrogens (tertiary/aromatic N) is 3. The first-order valence-electron chi connectivity index (χ1n) is 10.7. The molecule has 1 atom stereocenters. The van der Waals surface area contributed by atoms with Crippen LogP contribution in [0.5, 0.6) is 0 Å².